The minimum atomic E-state index is 0.0407. The molecule has 0 saturated heterocycles. The van der Waals surface area contributed by atoms with Crippen molar-refractivity contribution in [3.8, 4) is 0 Å². The Bertz CT molecular complexity index is 555. The van der Waals surface area contributed by atoms with Crippen LogP contribution in [-0.4, -0.2) is 17.4 Å². The Labute approximate surface area is 112 Å². The van der Waals surface area contributed by atoms with Gasteiger partial charge >= 0.3 is 0 Å². The number of carbonyl (C=O) groups is 1. The number of rotatable bonds is 3. The van der Waals surface area contributed by atoms with Gasteiger partial charge in [0.2, 0.25) is 5.91 Å². The molecule has 0 spiro atoms. The fourth-order valence-electron chi connectivity index (χ4n) is 2.44. The number of nitrogens with zero attached hydrogens (tertiary/aromatic N) is 1. The van der Waals surface area contributed by atoms with Crippen LogP contribution in [0.25, 0.3) is 0 Å². The maximum atomic E-state index is 12.0. The van der Waals surface area contributed by atoms with Crippen molar-refractivity contribution < 1.29 is 4.79 Å². The van der Waals surface area contributed by atoms with E-state index in [0.29, 0.717) is 6.54 Å². The lowest BCUT2D eigenvalue weighted by molar-refractivity contribution is -0.117. The summed E-state index contributed by atoms with van der Waals surface area (Å²) >= 11 is 0. The molecule has 19 heavy (non-hydrogen) atoms. The standard InChI is InChI=1S/C16H16N2O/c19-16(17-15-8-2-1-3-9-15)12-18-10-13-6-4-5-7-14(13)11-18/h1-9H,10-12H2,(H,17,19). The molecule has 1 aliphatic heterocycles. The maximum absolute atomic E-state index is 12.0. The zero-order valence-electron chi connectivity index (χ0n) is 10.7. The minimum Gasteiger partial charge on any atom is -0.325 e. The van der Waals surface area contributed by atoms with E-state index in [2.05, 4.69) is 22.3 Å². The molecule has 1 amide bonds. The fourth-order valence-corrected chi connectivity index (χ4v) is 2.44. The number of fused-ring (bicyclic) bond motifs is 1. The number of nitrogens with one attached hydrogen (secondary N) is 1. The van der Waals surface area contributed by atoms with Crippen molar-refractivity contribution in [3.05, 3.63) is 65.7 Å². The van der Waals surface area contributed by atoms with Crippen LogP contribution in [-0.2, 0) is 17.9 Å². The highest BCUT2D eigenvalue weighted by Crippen LogP contribution is 2.21. The maximum Gasteiger partial charge on any atom is 0.238 e. The summed E-state index contributed by atoms with van der Waals surface area (Å²) in [5.41, 5.74) is 3.51. The molecule has 0 atom stereocenters. The van der Waals surface area contributed by atoms with Crippen LogP contribution in [0.3, 0.4) is 0 Å². The Morgan fingerprint density at radius 3 is 2.16 bits per heavy atom. The van der Waals surface area contributed by atoms with Gasteiger partial charge in [-0.05, 0) is 23.3 Å². The van der Waals surface area contributed by atoms with E-state index in [1.54, 1.807) is 0 Å². The monoisotopic (exact) mass is 252 g/mol. The number of hydrogen-bond donors (Lipinski definition) is 1. The Hall–Kier alpha value is -2.13. The summed E-state index contributed by atoms with van der Waals surface area (Å²) < 4.78 is 0. The molecule has 0 unspecified atom stereocenters. The van der Waals surface area contributed by atoms with Crippen LogP contribution in [0.5, 0.6) is 0 Å². The predicted molar refractivity (Wildman–Crippen MR) is 75.6 cm³/mol. The largest absolute Gasteiger partial charge is 0.325 e. The Morgan fingerprint density at radius 2 is 1.53 bits per heavy atom. The van der Waals surface area contributed by atoms with Crippen molar-refractivity contribution in [2.24, 2.45) is 0 Å². The SMILES string of the molecule is O=C(CN1Cc2ccccc2C1)Nc1ccccc1. The number of para-hydroxylation sites is 1. The number of amides is 1. The molecular weight excluding hydrogens is 236 g/mol. The zero-order valence-corrected chi connectivity index (χ0v) is 10.7. The molecule has 3 nitrogen and oxygen atoms in total. The van der Waals surface area contributed by atoms with Gasteiger partial charge in [0.15, 0.2) is 0 Å². The van der Waals surface area contributed by atoms with E-state index in [1.165, 1.54) is 11.1 Å². The first-order chi connectivity index (χ1) is 9.31. The van der Waals surface area contributed by atoms with Crippen LogP contribution >= 0.6 is 0 Å². The lowest BCUT2D eigenvalue weighted by Crippen LogP contribution is -2.29. The van der Waals surface area contributed by atoms with Gasteiger partial charge in [-0.3, -0.25) is 9.69 Å². The molecule has 1 heterocycles. The van der Waals surface area contributed by atoms with Gasteiger partial charge < -0.3 is 5.32 Å². The number of hydrogen-bond acceptors (Lipinski definition) is 2. The van der Waals surface area contributed by atoms with Crippen LogP contribution < -0.4 is 5.32 Å². The lowest BCUT2D eigenvalue weighted by Gasteiger charge is -2.14. The van der Waals surface area contributed by atoms with Crippen molar-refractivity contribution in [1.29, 1.82) is 0 Å². The van der Waals surface area contributed by atoms with E-state index in [0.717, 1.165) is 18.8 Å². The van der Waals surface area contributed by atoms with Gasteiger partial charge in [0.25, 0.3) is 0 Å². The molecule has 3 heteroatoms. The van der Waals surface area contributed by atoms with E-state index >= 15 is 0 Å². The van der Waals surface area contributed by atoms with Crippen molar-refractivity contribution >= 4 is 11.6 Å². The third kappa shape index (κ3) is 2.83. The highest BCUT2D eigenvalue weighted by molar-refractivity contribution is 5.92. The smallest absolute Gasteiger partial charge is 0.238 e. The third-order valence-electron chi connectivity index (χ3n) is 3.33. The van der Waals surface area contributed by atoms with Gasteiger partial charge in [-0.15, -0.1) is 0 Å². The average molecular weight is 252 g/mol. The summed E-state index contributed by atoms with van der Waals surface area (Å²) in [5.74, 6) is 0.0407. The molecule has 0 bridgehead atoms. The zero-order chi connectivity index (χ0) is 13.1. The van der Waals surface area contributed by atoms with Gasteiger partial charge in [-0.2, -0.15) is 0 Å². The van der Waals surface area contributed by atoms with Crippen LogP contribution in [0.15, 0.2) is 54.6 Å². The quantitative estimate of drug-likeness (QED) is 0.910. The van der Waals surface area contributed by atoms with Gasteiger partial charge in [0.05, 0.1) is 6.54 Å². The van der Waals surface area contributed by atoms with Crippen molar-refractivity contribution in [2.75, 3.05) is 11.9 Å². The van der Waals surface area contributed by atoms with E-state index in [4.69, 9.17) is 0 Å². The van der Waals surface area contributed by atoms with E-state index in [-0.39, 0.29) is 5.91 Å². The molecule has 2 aromatic rings. The van der Waals surface area contributed by atoms with Crippen molar-refractivity contribution in [1.82, 2.24) is 4.90 Å². The summed E-state index contributed by atoms with van der Waals surface area (Å²) in [5, 5.41) is 2.91. The van der Waals surface area contributed by atoms with E-state index < -0.39 is 0 Å². The van der Waals surface area contributed by atoms with Crippen molar-refractivity contribution in [3.63, 3.8) is 0 Å². The third-order valence-corrected chi connectivity index (χ3v) is 3.33. The fraction of sp³-hybridized carbons (Fsp3) is 0.188. The van der Waals surface area contributed by atoms with E-state index in [9.17, 15) is 4.79 Å². The lowest BCUT2D eigenvalue weighted by atomic mass is 10.1. The molecule has 1 aliphatic rings. The highest BCUT2D eigenvalue weighted by atomic mass is 16.2. The Balaban J connectivity index is 1.58. The number of carbonyl (C=O) groups excluding carboxylic acids is 1. The van der Waals surface area contributed by atoms with E-state index in [1.807, 2.05) is 42.5 Å². The van der Waals surface area contributed by atoms with Crippen molar-refractivity contribution in [2.45, 2.75) is 13.1 Å². The highest BCUT2D eigenvalue weighted by Gasteiger charge is 2.20. The molecule has 0 aliphatic carbocycles. The number of benzene rings is 2. The van der Waals surface area contributed by atoms with Gasteiger partial charge in [0, 0.05) is 18.8 Å². The molecule has 96 valence electrons. The first kappa shape index (κ1) is 11.9. The topological polar surface area (TPSA) is 32.3 Å². The first-order valence-corrected chi connectivity index (χ1v) is 6.45. The van der Waals surface area contributed by atoms with Gasteiger partial charge in [-0.1, -0.05) is 42.5 Å². The normalized spacial score (nSPS) is 14.1. The van der Waals surface area contributed by atoms with Crippen LogP contribution in [0.2, 0.25) is 0 Å². The molecule has 1 N–H and O–H groups in total. The second-order valence-corrected chi connectivity index (χ2v) is 4.83. The Morgan fingerprint density at radius 1 is 0.947 bits per heavy atom. The predicted octanol–water partition coefficient (Wildman–Crippen LogP) is 2.64. The molecule has 0 aromatic heterocycles. The molecule has 0 saturated carbocycles. The summed E-state index contributed by atoms with van der Waals surface area (Å²) in [4.78, 5) is 14.1. The minimum absolute atomic E-state index is 0.0407. The van der Waals surface area contributed by atoms with Gasteiger partial charge in [0.1, 0.15) is 0 Å². The molecule has 0 radical (unpaired) electrons. The summed E-state index contributed by atoms with van der Waals surface area (Å²) in [6, 6.07) is 17.9. The van der Waals surface area contributed by atoms with Crippen LogP contribution in [0.4, 0.5) is 5.69 Å². The van der Waals surface area contributed by atoms with Crippen LogP contribution in [0.1, 0.15) is 11.1 Å². The molecule has 3 rings (SSSR count). The molecular formula is C16H16N2O. The summed E-state index contributed by atoms with van der Waals surface area (Å²) in [6.45, 7) is 2.15. The average Bonchev–Trinajstić information content (AvgIpc) is 2.81. The van der Waals surface area contributed by atoms with Crippen LogP contribution in [0, 0.1) is 0 Å². The number of anilines is 1. The van der Waals surface area contributed by atoms with Gasteiger partial charge in [-0.25, -0.2) is 0 Å². The second kappa shape index (κ2) is 5.24. The second-order valence-electron chi connectivity index (χ2n) is 4.83. The summed E-state index contributed by atoms with van der Waals surface area (Å²) in [7, 11) is 0. The molecule has 2 aromatic carbocycles. The Kier molecular flexibility index (Phi) is 3.29. The molecule has 0 fully saturated rings. The summed E-state index contributed by atoms with van der Waals surface area (Å²) in [6.07, 6.45) is 0. The first-order valence-electron chi connectivity index (χ1n) is 6.45.